The van der Waals surface area contributed by atoms with Gasteiger partial charge in [0.2, 0.25) is 15.8 Å². The number of nitrogens with zero attached hydrogens (tertiary/aromatic N) is 3. The minimum atomic E-state index is -4.69. The number of aromatic nitrogens is 3. The number of allylic oxidation sites excluding steroid dienone is 4. The molecule has 7 nitrogen and oxygen atoms in total. The zero-order valence-corrected chi connectivity index (χ0v) is 13.3. The molecule has 0 saturated heterocycles. The van der Waals surface area contributed by atoms with Crippen molar-refractivity contribution in [3.63, 3.8) is 0 Å². The predicted molar refractivity (Wildman–Crippen MR) is 83.8 cm³/mol. The lowest BCUT2D eigenvalue weighted by molar-refractivity contribution is -0.138. The number of halogens is 3. The molecule has 0 amide bonds. The Morgan fingerprint density at radius 2 is 2.08 bits per heavy atom. The number of methoxy groups -OCH3 is 1. The van der Waals surface area contributed by atoms with Crippen LogP contribution in [0.1, 0.15) is 10.6 Å². The van der Waals surface area contributed by atoms with Gasteiger partial charge in [0.05, 0.1) is 12.7 Å². The highest BCUT2D eigenvalue weighted by Gasteiger charge is 2.36. The number of Topliss-reactive ketones (excluding diaryl/α,β-unsaturated/α-hetero) is 1. The first kappa shape index (κ1) is 16.9. The molecule has 130 valence electrons. The largest absolute Gasteiger partial charge is 0.493 e. The van der Waals surface area contributed by atoms with E-state index in [4.69, 9.17) is 10.5 Å². The predicted octanol–water partition coefficient (Wildman–Crippen LogP) is 1.80. The van der Waals surface area contributed by atoms with Crippen molar-refractivity contribution >= 4 is 34.0 Å². The van der Waals surface area contributed by atoms with Gasteiger partial charge in [-0.2, -0.15) is 22.7 Å². The molecule has 0 fully saturated rings. The number of nitrogens with two attached hydrogens (primary N) is 1. The number of nitrogen functional groups attached to an aromatic ring is 1. The van der Waals surface area contributed by atoms with Gasteiger partial charge in [-0.05, 0) is 12.2 Å². The fraction of sp³-hybridized carbons (Fsp3) is 0.143. The molecular weight excluding hydrogens is 361 g/mol. The lowest BCUT2D eigenvalue weighted by Crippen LogP contribution is -2.18. The van der Waals surface area contributed by atoms with Crippen LogP contribution in [0.25, 0.3) is 11.0 Å². The minimum Gasteiger partial charge on any atom is -0.493 e. The molecule has 2 aromatic rings. The normalized spacial score (nSPS) is 16.6. The van der Waals surface area contributed by atoms with Crippen LogP contribution in [0.2, 0.25) is 0 Å². The van der Waals surface area contributed by atoms with Crippen molar-refractivity contribution in [2.75, 3.05) is 12.8 Å². The van der Waals surface area contributed by atoms with Crippen molar-refractivity contribution in [1.82, 2.24) is 14.6 Å². The van der Waals surface area contributed by atoms with Crippen molar-refractivity contribution < 1.29 is 22.7 Å². The lowest BCUT2D eigenvalue weighted by Gasteiger charge is -2.09. The van der Waals surface area contributed by atoms with Gasteiger partial charge in [0.15, 0.2) is 5.76 Å². The molecule has 2 aromatic heterocycles. The highest BCUT2D eigenvalue weighted by Crippen LogP contribution is 2.33. The number of alkyl halides is 3. The Labute approximate surface area is 141 Å². The molecule has 0 radical (unpaired) electrons. The Kier molecular flexibility index (Phi) is 3.95. The van der Waals surface area contributed by atoms with Gasteiger partial charge >= 0.3 is 6.18 Å². The van der Waals surface area contributed by atoms with E-state index in [-0.39, 0.29) is 39.0 Å². The molecule has 25 heavy (non-hydrogen) atoms. The highest BCUT2D eigenvalue weighted by molar-refractivity contribution is 7.16. The van der Waals surface area contributed by atoms with Crippen LogP contribution in [-0.4, -0.2) is 27.5 Å². The van der Waals surface area contributed by atoms with Crippen LogP contribution >= 0.6 is 11.3 Å². The highest BCUT2D eigenvalue weighted by atomic mass is 32.1. The number of ketones is 1. The molecule has 1 aliphatic carbocycles. The van der Waals surface area contributed by atoms with Gasteiger partial charge in [0.25, 0.3) is 5.56 Å². The fourth-order valence-electron chi connectivity index (χ4n) is 2.09. The number of fused-ring (bicyclic) bond motifs is 1. The number of anilines is 1. The molecule has 2 N–H and O–H groups in total. The monoisotopic (exact) mass is 370 g/mol. The SMILES string of the molecule is COC1=CC=C/C(=C\c2c(N)n3nc(C(F)(F)F)sc3nc2=O)C1=O. The second-order valence-corrected chi connectivity index (χ2v) is 5.79. The zero-order chi connectivity index (χ0) is 18.4. The van der Waals surface area contributed by atoms with E-state index < -0.39 is 22.5 Å². The Balaban J connectivity index is 2.16. The van der Waals surface area contributed by atoms with Gasteiger partial charge in [0.1, 0.15) is 5.82 Å². The molecule has 2 heterocycles. The Morgan fingerprint density at radius 3 is 2.72 bits per heavy atom. The molecule has 0 aliphatic heterocycles. The second kappa shape index (κ2) is 5.84. The van der Waals surface area contributed by atoms with Crippen LogP contribution in [0.4, 0.5) is 19.0 Å². The Hall–Kier alpha value is -2.95. The molecule has 0 aromatic carbocycles. The number of hydrogen-bond donors (Lipinski definition) is 1. The van der Waals surface area contributed by atoms with Crippen LogP contribution < -0.4 is 11.3 Å². The molecule has 0 saturated carbocycles. The molecule has 0 unspecified atom stereocenters. The van der Waals surface area contributed by atoms with E-state index in [0.29, 0.717) is 0 Å². The van der Waals surface area contributed by atoms with Crippen LogP contribution in [0.5, 0.6) is 0 Å². The summed E-state index contributed by atoms with van der Waals surface area (Å²) >= 11 is 0.197. The number of rotatable bonds is 2. The van der Waals surface area contributed by atoms with E-state index >= 15 is 0 Å². The first-order valence-electron chi connectivity index (χ1n) is 6.67. The molecular formula is C14H9F3N4O3S. The van der Waals surface area contributed by atoms with E-state index in [2.05, 4.69) is 10.1 Å². The summed E-state index contributed by atoms with van der Waals surface area (Å²) < 4.78 is 43.9. The van der Waals surface area contributed by atoms with E-state index in [0.717, 1.165) is 10.6 Å². The number of ether oxygens (including phenoxy) is 1. The third kappa shape index (κ3) is 2.93. The maximum absolute atomic E-state index is 12.8. The summed E-state index contributed by atoms with van der Waals surface area (Å²) in [5, 5.41) is 2.16. The van der Waals surface area contributed by atoms with Crippen LogP contribution in [0.15, 0.2) is 34.4 Å². The summed E-state index contributed by atoms with van der Waals surface area (Å²) in [6, 6.07) is 0. The maximum atomic E-state index is 12.8. The van der Waals surface area contributed by atoms with Crippen LogP contribution in [0, 0.1) is 0 Å². The molecule has 3 rings (SSSR count). The summed E-state index contributed by atoms with van der Waals surface area (Å²) in [6.45, 7) is 0. The first-order chi connectivity index (χ1) is 11.7. The third-order valence-corrected chi connectivity index (χ3v) is 4.22. The minimum absolute atomic E-state index is 0.0504. The first-order valence-corrected chi connectivity index (χ1v) is 7.49. The summed E-state index contributed by atoms with van der Waals surface area (Å²) in [5.41, 5.74) is 4.76. The van der Waals surface area contributed by atoms with Gasteiger partial charge in [-0.3, -0.25) is 9.59 Å². The molecule has 11 heteroatoms. The number of carbonyl (C=O) groups excluding carboxylic acids is 1. The maximum Gasteiger partial charge on any atom is 0.445 e. The smallest absolute Gasteiger partial charge is 0.445 e. The van der Waals surface area contributed by atoms with Crippen molar-refractivity contribution in [1.29, 1.82) is 0 Å². The van der Waals surface area contributed by atoms with Crippen molar-refractivity contribution in [2.45, 2.75) is 6.18 Å². The van der Waals surface area contributed by atoms with Crippen LogP contribution in [0.3, 0.4) is 0 Å². The van der Waals surface area contributed by atoms with Gasteiger partial charge in [-0.1, -0.05) is 23.5 Å². The lowest BCUT2D eigenvalue weighted by atomic mass is 10.0. The number of carbonyl (C=O) groups is 1. The quantitative estimate of drug-likeness (QED) is 0.810. The second-order valence-electron chi connectivity index (χ2n) is 4.84. The third-order valence-electron chi connectivity index (χ3n) is 3.26. The van der Waals surface area contributed by atoms with E-state index in [9.17, 15) is 22.8 Å². The molecule has 1 aliphatic rings. The number of hydrogen-bond acceptors (Lipinski definition) is 7. The zero-order valence-electron chi connectivity index (χ0n) is 12.5. The van der Waals surface area contributed by atoms with Crippen LogP contribution in [-0.2, 0) is 15.7 Å². The average Bonchev–Trinajstić information content (AvgIpc) is 2.97. The molecule has 0 atom stereocenters. The van der Waals surface area contributed by atoms with Crippen molar-refractivity contribution in [3.05, 3.63) is 50.5 Å². The van der Waals surface area contributed by atoms with Crippen molar-refractivity contribution in [2.24, 2.45) is 0 Å². The van der Waals surface area contributed by atoms with Gasteiger partial charge < -0.3 is 10.5 Å². The topological polar surface area (TPSA) is 99.6 Å². The van der Waals surface area contributed by atoms with E-state index in [1.807, 2.05) is 0 Å². The van der Waals surface area contributed by atoms with Crippen molar-refractivity contribution in [3.8, 4) is 0 Å². The molecule has 0 bridgehead atoms. The summed E-state index contributed by atoms with van der Waals surface area (Å²) in [5.74, 6) is -0.790. The van der Waals surface area contributed by atoms with E-state index in [1.165, 1.54) is 25.3 Å². The van der Waals surface area contributed by atoms with Gasteiger partial charge in [-0.25, -0.2) is 0 Å². The summed E-state index contributed by atoms with van der Waals surface area (Å²) in [7, 11) is 1.31. The molecule has 0 spiro atoms. The summed E-state index contributed by atoms with van der Waals surface area (Å²) in [4.78, 5) is 27.5. The van der Waals surface area contributed by atoms with Gasteiger partial charge in [-0.15, -0.1) is 5.10 Å². The fourth-order valence-corrected chi connectivity index (χ4v) is 2.86. The summed E-state index contributed by atoms with van der Waals surface area (Å²) in [6.07, 6.45) is 0.839. The van der Waals surface area contributed by atoms with E-state index in [1.54, 1.807) is 0 Å². The van der Waals surface area contributed by atoms with Gasteiger partial charge in [0, 0.05) is 5.57 Å². The Morgan fingerprint density at radius 1 is 1.36 bits per heavy atom. The average molecular weight is 370 g/mol. The Bertz CT molecular complexity index is 1030. The standard InChI is InChI=1S/C14H9F3N4O3S/c1-24-8-4-2-3-6(9(8)22)5-7-10(18)21-13(19-11(7)23)25-12(20-21)14(15,16)17/h2-5H,18H2,1H3/b6-5+.